The molecule has 0 spiro atoms. The first kappa shape index (κ1) is 40.4. The van der Waals surface area contributed by atoms with E-state index in [1.165, 1.54) is 12.8 Å². The van der Waals surface area contributed by atoms with Crippen LogP contribution in [0.2, 0.25) is 0 Å². The van der Waals surface area contributed by atoms with Gasteiger partial charge < -0.3 is 22.3 Å². The number of rotatable bonds is 8. The maximum Gasteiger partial charge on any atom is 0.356 e. The van der Waals surface area contributed by atoms with Crippen LogP contribution in [0.15, 0.2) is 109 Å². The summed E-state index contributed by atoms with van der Waals surface area (Å²) in [6.07, 6.45) is 6.41. The van der Waals surface area contributed by atoms with Gasteiger partial charge in [-0.3, -0.25) is 4.79 Å². The number of aryl methyl sites for hydroxylation is 2. The van der Waals surface area contributed by atoms with Gasteiger partial charge in [0, 0.05) is 33.3 Å². The highest BCUT2D eigenvalue weighted by atomic mass is 16.4. The number of hydrogen-bond acceptors (Lipinski definition) is 8. The van der Waals surface area contributed by atoms with Crippen molar-refractivity contribution >= 4 is 23.2 Å². The van der Waals surface area contributed by atoms with Crippen LogP contribution >= 0.6 is 0 Å². The molecule has 12 nitrogen and oxygen atoms in total. The summed E-state index contributed by atoms with van der Waals surface area (Å²) in [5.41, 5.74) is 32.3. The molecule has 4 heterocycles. The second kappa shape index (κ2) is 15.5. The second-order valence-electron chi connectivity index (χ2n) is 16.9. The van der Waals surface area contributed by atoms with Gasteiger partial charge in [0.1, 0.15) is 11.4 Å². The van der Waals surface area contributed by atoms with Gasteiger partial charge in [0.05, 0.1) is 11.4 Å². The number of nitrogens with zero attached hydrogens (tertiary/aromatic N) is 6. The van der Waals surface area contributed by atoms with Crippen LogP contribution in [0.3, 0.4) is 0 Å². The number of fused-ring (bicyclic) bond motifs is 2. The monoisotopic (exact) mass is 823 g/mol. The first-order valence-electron chi connectivity index (χ1n) is 21.0. The van der Waals surface area contributed by atoms with Gasteiger partial charge in [-0.2, -0.15) is 10.2 Å². The number of aromatic carboxylic acids is 1. The van der Waals surface area contributed by atoms with Crippen LogP contribution in [0.4, 0.5) is 0 Å². The minimum absolute atomic E-state index is 0.0385. The van der Waals surface area contributed by atoms with Gasteiger partial charge in [0.25, 0.3) is 5.91 Å². The summed E-state index contributed by atoms with van der Waals surface area (Å²) < 4.78 is 3.41. The molecule has 2 aliphatic carbocycles. The smallest absolute Gasteiger partial charge is 0.356 e. The Balaban J connectivity index is 0.000000158. The predicted molar refractivity (Wildman–Crippen MR) is 242 cm³/mol. The fourth-order valence-corrected chi connectivity index (χ4v) is 8.71. The Morgan fingerprint density at radius 2 is 0.903 bits per heavy atom. The van der Waals surface area contributed by atoms with Gasteiger partial charge in [-0.05, 0) is 99.6 Å². The number of carbonyl (C=O) groups excluding carboxylic acids is 1. The van der Waals surface area contributed by atoms with Gasteiger partial charge in [-0.1, -0.05) is 109 Å². The van der Waals surface area contributed by atoms with Crippen LogP contribution in [0.25, 0.3) is 56.3 Å². The van der Waals surface area contributed by atoms with E-state index in [-0.39, 0.29) is 22.5 Å². The third-order valence-electron chi connectivity index (χ3n) is 13.1. The summed E-state index contributed by atoms with van der Waals surface area (Å²) in [5.74, 6) is -1.59. The highest BCUT2D eigenvalue weighted by molar-refractivity contribution is 5.94. The third kappa shape index (κ3) is 6.81. The van der Waals surface area contributed by atoms with Crippen molar-refractivity contribution in [2.75, 3.05) is 0 Å². The molecule has 4 aromatic heterocycles. The molecule has 0 bridgehead atoms. The summed E-state index contributed by atoms with van der Waals surface area (Å²) in [7, 11) is 0. The molecule has 10 rings (SSSR count). The Morgan fingerprint density at radius 3 is 1.24 bits per heavy atom. The van der Waals surface area contributed by atoms with Crippen LogP contribution in [-0.4, -0.2) is 46.2 Å². The Labute approximate surface area is 359 Å². The lowest BCUT2D eigenvalue weighted by atomic mass is 9.72. The summed E-state index contributed by atoms with van der Waals surface area (Å²) >= 11 is 0. The van der Waals surface area contributed by atoms with Crippen molar-refractivity contribution in [2.45, 2.75) is 77.3 Å². The Kier molecular flexibility index (Phi) is 10.1. The number of aromatic nitrogens is 6. The molecule has 0 aliphatic heterocycles. The van der Waals surface area contributed by atoms with Crippen LogP contribution in [-0.2, 0) is 11.1 Å². The number of amides is 1. The fourth-order valence-electron chi connectivity index (χ4n) is 8.71. The van der Waals surface area contributed by atoms with E-state index in [0.29, 0.717) is 11.2 Å². The van der Waals surface area contributed by atoms with Crippen molar-refractivity contribution in [2.24, 2.45) is 17.2 Å². The molecule has 312 valence electrons. The molecule has 0 unspecified atom stereocenters. The molecule has 0 radical (unpaired) electrons. The quantitative estimate of drug-likeness (QED) is 0.116. The van der Waals surface area contributed by atoms with E-state index in [0.717, 1.165) is 104 Å². The normalized spacial score (nSPS) is 15.1. The molecular formula is C50H49N9O3. The van der Waals surface area contributed by atoms with Crippen LogP contribution in [0.1, 0.15) is 92.9 Å². The van der Waals surface area contributed by atoms with Crippen molar-refractivity contribution in [3.8, 4) is 45.0 Å². The number of benzene rings is 4. The summed E-state index contributed by atoms with van der Waals surface area (Å²) in [4.78, 5) is 33.7. The molecule has 2 fully saturated rings. The molecule has 2 aliphatic rings. The molecule has 2 saturated carbocycles. The van der Waals surface area contributed by atoms with E-state index in [1.54, 1.807) is 16.0 Å². The number of carboxylic acids is 1. The van der Waals surface area contributed by atoms with E-state index >= 15 is 0 Å². The van der Waals surface area contributed by atoms with Gasteiger partial charge in [0.2, 0.25) is 0 Å². The maximum atomic E-state index is 12.0. The number of carboxylic acid groups (broad SMARTS) is 1. The van der Waals surface area contributed by atoms with Gasteiger partial charge >= 0.3 is 5.97 Å². The van der Waals surface area contributed by atoms with Crippen LogP contribution in [0.5, 0.6) is 0 Å². The second-order valence-corrected chi connectivity index (χ2v) is 16.9. The summed E-state index contributed by atoms with van der Waals surface area (Å²) in [6, 6.07) is 36.4. The van der Waals surface area contributed by atoms with E-state index in [1.807, 2.05) is 81.4 Å². The number of carbonyl (C=O) groups is 2. The molecule has 4 aromatic carbocycles. The van der Waals surface area contributed by atoms with Crippen LogP contribution in [0, 0.1) is 27.7 Å². The van der Waals surface area contributed by atoms with Crippen LogP contribution < -0.4 is 17.2 Å². The summed E-state index contributed by atoms with van der Waals surface area (Å²) in [5, 5.41) is 18.7. The van der Waals surface area contributed by atoms with E-state index < -0.39 is 11.9 Å². The third-order valence-corrected chi connectivity index (χ3v) is 13.1. The molecule has 1 amide bonds. The highest BCUT2D eigenvalue weighted by Crippen LogP contribution is 2.42. The SMILES string of the molecule is Cc1c(C(=O)O)nn2c(-c3ccccc3)c(-c3ccc(C4(N)CCC4)cc3)nc2c1C.Cc1c(C(N)=O)nn2c(-c3ccccc3)c(-c3ccc(C4(N)CCC4)cc3)nc2c1C. The lowest BCUT2D eigenvalue weighted by molar-refractivity contribution is 0.0687. The van der Waals surface area contributed by atoms with Crippen molar-refractivity contribution in [3.05, 3.63) is 154 Å². The molecule has 8 aromatic rings. The zero-order valence-electron chi connectivity index (χ0n) is 35.3. The Morgan fingerprint density at radius 1 is 0.532 bits per heavy atom. The molecule has 12 heteroatoms. The predicted octanol–water partition coefficient (Wildman–Crippen LogP) is 8.83. The minimum Gasteiger partial charge on any atom is -0.476 e. The number of nitrogens with two attached hydrogens (primary N) is 3. The van der Waals surface area contributed by atoms with Gasteiger partial charge in [-0.25, -0.2) is 23.8 Å². The average molecular weight is 824 g/mol. The zero-order chi connectivity index (χ0) is 43.5. The van der Waals surface area contributed by atoms with Gasteiger partial charge in [0.15, 0.2) is 22.7 Å². The lowest BCUT2D eigenvalue weighted by Crippen LogP contribution is -2.43. The minimum atomic E-state index is -1.05. The number of hydrogen-bond donors (Lipinski definition) is 4. The van der Waals surface area contributed by atoms with E-state index in [2.05, 4.69) is 58.7 Å². The van der Waals surface area contributed by atoms with E-state index in [4.69, 9.17) is 27.2 Å². The highest BCUT2D eigenvalue weighted by Gasteiger charge is 2.35. The standard InChI is InChI=1S/C25H25N5O.C25H24N4O2/c1-15-16(2)24-28-21(17-9-11-19(12-10-17)25(27)13-6-14-25)22(18-7-4-3-5-8-18)30(24)29-20(15)23(26)31;1-15-16(2)23-27-21(17-9-11-19(12-10-17)25(26)13-6-14-25)22(18-7-4-3-5-8-18)29(23)28-20(15)24(30)31/h3-5,7-12H,6,13-14,27H2,1-2H3,(H2,26,31);3-5,7-12H,6,13-14,26H2,1-2H3,(H,30,31). The number of primary amides is 1. The first-order valence-corrected chi connectivity index (χ1v) is 21.0. The maximum absolute atomic E-state index is 12.0. The average Bonchev–Trinajstić information content (AvgIpc) is 3.85. The fraction of sp³-hybridized carbons (Fsp3) is 0.240. The largest absolute Gasteiger partial charge is 0.476 e. The lowest BCUT2D eigenvalue weighted by Gasteiger charge is -2.38. The topological polar surface area (TPSA) is 193 Å². The molecular weight excluding hydrogens is 775 g/mol. The molecule has 7 N–H and O–H groups in total. The van der Waals surface area contributed by atoms with Crippen molar-refractivity contribution in [1.82, 2.24) is 29.2 Å². The van der Waals surface area contributed by atoms with E-state index in [9.17, 15) is 14.7 Å². The first-order chi connectivity index (χ1) is 29.8. The van der Waals surface area contributed by atoms with Crippen molar-refractivity contribution < 1.29 is 14.7 Å². The zero-order valence-corrected chi connectivity index (χ0v) is 35.3. The molecule has 62 heavy (non-hydrogen) atoms. The Hall–Kier alpha value is -7.02. The summed E-state index contributed by atoms with van der Waals surface area (Å²) in [6.45, 7) is 7.47. The number of imidazole rings is 2. The molecule has 0 atom stereocenters. The molecule has 0 saturated heterocycles. The van der Waals surface area contributed by atoms with Crippen molar-refractivity contribution in [3.63, 3.8) is 0 Å². The van der Waals surface area contributed by atoms with Gasteiger partial charge in [-0.15, -0.1) is 0 Å². The Bertz CT molecular complexity index is 2810. The van der Waals surface area contributed by atoms with Crippen molar-refractivity contribution in [1.29, 1.82) is 0 Å².